The number of nitrogens with zero attached hydrogens (tertiary/aromatic N) is 3. The number of nitrogens with two attached hydrogens (primary N) is 1. The van der Waals surface area contributed by atoms with E-state index < -0.39 is 0 Å². The van der Waals surface area contributed by atoms with Crippen LogP contribution < -0.4 is 10.5 Å². The number of imidazole rings is 1. The Morgan fingerprint density at radius 2 is 2.05 bits per heavy atom. The van der Waals surface area contributed by atoms with Crippen molar-refractivity contribution in [3.8, 4) is 5.75 Å². The van der Waals surface area contributed by atoms with Crippen LogP contribution in [0.15, 0.2) is 35.6 Å². The molecule has 1 heterocycles. The molecule has 0 saturated carbocycles. The van der Waals surface area contributed by atoms with E-state index in [9.17, 15) is 0 Å². The van der Waals surface area contributed by atoms with Gasteiger partial charge in [-0.3, -0.25) is 0 Å². The predicted octanol–water partition coefficient (Wildman–Crippen LogP) is 1.68. The summed E-state index contributed by atoms with van der Waals surface area (Å²) >= 11 is 0. The smallest absolute Gasteiger partial charge is 0.221 e. The quantitative estimate of drug-likeness (QED) is 0.642. The van der Waals surface area contributed by atoms with Crippen molar-refractivity contribution >= 4 is 12.2 Å². The molecule has 2 N–H and O–H groups in total. The van der Waals surface area contributed by atoms with E-state index in [0.717, 1.165) is 17.0 Å². The summed E-state index contributed by atoms with van der Waals surface area (Å²) < 4.78 is 11.9. The molecule has 6 nitrogen and oxygen atoms in total. The summed E-state index contributed by atoms with van der Waals surface area (Å²) in [5.74, 6) is 1.18. The molecule has 0 aliphatic carbocycles. The first-order chi connectivity index (χ1) is 9.69. The fourth-order valence-corrected chi connectivity index (χ4v) is 1.62. The van der Waals surface area contributed by atoms with Crippen LogP contribution in [0.3, 0.4) is 0 Å². The summed E-state index contributed by atoms with van der Waals surface area (Å²) in [6.45, 7) is 2.98. The molecule has 0 unspecified atom stereocenters. The molecule has 106 valence electrons. The number of hydrogen-bond donors (Lipinski definition) is 1. The highest BCUT2D eigenvalue weighted by Gasteiger charge is 1.98. The zero-order chi connectivity index (χ0) is 14.4. The molecule has 6 heteroatoms. The monoisotopic (exact) mass is 274 g/mol. The van der Waals surface area contributed by atoms with Crippen molar-refractivity contribution in [1.29, 1.82) is 0 Å². The molecule has 0 amide bonds. The van der Waals surface area contributed by atoms with Crippen LogP contribution in [0, 0.1) is 6.92 Å². The van der Waals surface area contributed by atoms with Crippen LogP contribution in [0.2, 0.25) is 0 Å². The van der Waals surface area contributed by atoms with Crippen LogP contribution in [0.5, 0.6) is 5.75 Å². The van der Waals surface area contributed by atoms with Crippen molar-refractivity contribution in [2.75, 3.05) is 26.1 Å². The average molecular weight is 274 g/mol. The Bertz CT molecular complexity index is 575. The second-order valence-corrected chi connectivity index (χ2v) is 4.24. The second-order valence-electron chi connectivity index (χ2n) is 4.24. The van der Waals surface area contributed by atoms with Gasteiger partial charge in [0.15, 0.2) is 0 Å². The number of ether oxygens (including phenoxy) is 2. The van der Waals surface area contributed by atoms with Crippen molar-refractivity contribution < 1.29 is 9.47 Å². The maximum Gasteiger partial charge on any atom is 0.221 e. The summed E-state index contributed by atoms with van der Waals surface area (Å²) in [6, 6.07) is 7.62. The van der Waals surface area contributed by atoms with E-state index >= 15 is 0 Å². The lowest BCUT2D eigenvalue weighted by Gasteiger charge is -2.05. The minimum Gasteiger partial charge on any atom is -0.491 e. The lowest BCUT2D eigenvalue weighted by atomic mass is 10.2. The standard InChI is InChI=1S/C14H18N4O2/c1-11-10-18(14(15)17-11)16-9-12-3-5-13(6-4-12)20-8-7-19-2/h3-6,9-10H,7-8H2,1-2H3,(H2,15,17). The van der Waals surface area contributed by atoms with E-state index in [1.807, 2.05) is 31.2 Å². The van der Waals surface area contributed by atoms with Crippen LogP contribution in [0.4, 0.5) is 5.95 Å². The number of aryl methyl sites for hydroxylation is 1. The van der Waals surface area contributed by atoms with Gasteiger partial charge in [0.1, 0.15) is 12.4 Å². The highest BCUT2D eigenvalue weighted by molar-refractivity contribution is 5.79. The molecule has 0 radical (unpaired) electrons. The second kappa shape index (κ2) is 6.72. The summed E-state index contributed by atoms with van der Waals surface area (Å²) in [6.07, 6.45) is 3.49. The van der Waals surface area contributed by atoms with Gasteiger partial charge in [0.05, 0.1) is 24.7 Å². The fourth-order valence-electron chi connectivity index (χ4n) is 1.62. The van der Waals surface area contributed by atoms with E-state index in [4.69, 9.17) is 15.2 Å². The molecule has 0 bridgehead atoms. The molecular weight excluding hydrogens is 256 g/mol. The molecule has 20 heavy (non-hydrogen) atoms. The van der Waals surface area contributed by atoms with Gasteiger partial charge in [0, 0.05) is 7.11 Å². The SMILES string of the molecule is COCCOc1ccc(C=Nn2cc(C)nc2N)cc1. The van der Waals surface area contributed by atoms with Gasteiger partial charge >= 0.3 is 0 Å². The van der Waals surface area contributed by atoms with Gasteiger partial charge in [0.25, 0.3) is 0 Å². The molecule has 0 fully saturated rings. The van der Waals surface area contributed by atoms with Crippen molar-refractivity contribution in [3.05, 3.63) is 41.7 Å². The van der Waals surface area contributed by atoms with E-state index in [1.165, 1.54) is 0 Å². The minimum atomic E-state index is 0.373. The van der Waals surface area contributed by atoms with E-state index in [1.54, 1.807) is 24.2 Å². The van der Waals surface area contributed by atoms with Crippen LogP contribution in [0.1, 0.15) is 11.3 Å². The van der Waals surface area contributed by atoms with Crippen molar-refractivity contribution in [2.45, 2.75) is 6.92 Å². The Morgan fingerprint density at radius 1 is 1.30 bits per heavy atom. The first kappa shape index (κ1) is 14.1. The van der Waals surface area contributed by atoms with Gasteiger partial charge in [-0.1, -0.05) is 0 Å². The Hall–Kier alpha value is -2.34. The van der Waals surface area contributed by atoms with Crippen LogP contribution in [-0.2, 0) is 4.74 Å². The molecule has 2 rings (SSSR count). The third kappa shape index (κ3) is 3.83. The Morgan fingerprint density at radius 3 is 2.65 bits per heavy atom. The van der Waals surface area contributed by atoms with E-state index in [2.05, 4.69) is 10.1 Å². The Labute approximate surface area is 117 Å². The maximum atomic E-state index is 5.70. The molecule has 0 saturated heterocycles. The maximum absolute atomic E-state index is 5.70. The van der Waals surface area contributed by atoms with Gasteiger partial charge in [-0.25, -0.2) is 9.66 Å². The van der Waals surface area contributed by atoms with Crippen LogP contribution in [0.25, 0.3) is 0 Å². The number of nitrogen functional groups attached to an aromatic ring is 1. The minimum absolute atomic E-state index is 0.373. The van der Waals surface area contributed by atoms with Crippen molar-refractivity contribution in [3.63, 3.8) is 0 Å². The molecule has 0 spiro atoms. The molecule has 0 atom stereocenters. The number of hydrogen-bond acceptors (Lipinski definition) is 5. The fraction of sp³-hybridized carbons (Fsp3) is 0.286. The molecule has 0 aliphatic heterocycles. The summed E-state index contributed by atoms with van der Waals surface area (Å²) in [5.41, 5.74) is 7.49. The third-order valence-corrected chi connectivity index (χ3v) is 2.60. The Kier molecular flexibility index (Phi) is 4.73. The van der Waals surface area contributed by atoms with Crippen molar-refractivity contribution in [2.24, 2.45) is 5.10 Å². The topological polar surface area (TPSA) is 74.7 Å². The third-order valence-electron chi connectivity index (χ3n) is 2.60. The van der Waals surface area contributed by atoms with Crippen LogP contribution in [-0.4, -0.2) is 36.2 Å². The zero-order valence-corrected chi connectivity index (χ0v) is 11.6. The average Bonchev–Trinajstić information content (AvgIpc) is 2.76. The number of aromatic nitrogens is 2. The normalized spacial score (nSPS) is 11.1. The lowest BCUT2D eigenvalue weighted by molar-refractivity contribution is 0.146. The lowest BCUT2D eigenvalue weighted by Crippen LogP contribution is -2.04. The largest absolute Gasteiger partial charge is 0.491 e. The van der Waals surface area contributed by atoms with Gasteiger partial charge in [-0.05, 0) is 36.8 Å². The predicted molar refractivity (Wildman–Crippen MR) is 78.2 cm³/mol. The zero-order valence-electron chi connectivity index (χ0n) is 11.6. The van der Waals surface area contributed by atoms with E-state index in [0.29, 0.717) is 19.2 Å². The highest BCUT2D eigenvalue weighted by Crippen LogP contribution is 2.11. The summed E-state index contributed by atoms with van der Waals surface area (Å²) in [5, 5.41) is 4.25. The summed E-state index contributed by atoms with van der Waals surface area (Å²) in [7, 11) is 1.65. The summed E-state index contributed by atoms with van der Waals surface area (Å²) in [4.78, 5) is 4.07. The highest BCUT2D eigenvalue weighted by atomic mass is 16.5. The number of rotatable bonds is 6. The molecule has 2 aromatic rings. The number of anilines is 1. The Balaban J connectivity index is 1.98. The van der Waals surface area contributed by atoms with E-state index in [-0.39, 0.29) is 0 Å². The number of benzene rings is 1. The molecular formula is C14H18N4O2. The molecule has 0 aliphatic rings. The van der Waals surface area contributed by atoms with Gasteiger partial charge in [-0.2, -0.15) is 5.10 Å². The van der Waals surface area contributed by atoms with Gasteiger partial charge in [-0.15, -0.1) is 0 Å². The van der Waals surface area contributed by atoms with Gasteiger partial charge in [0.2, 0.25) is 5.95 Å². The first-order valence-corrected chi connectivity index (χ1v) is 6.26. The molecule has 1 aromatic heterocycles. The van der Waals surface area contributed by atoms with Crippen molar-refractivity contribution in [1.82, 2.24) is 9.66 Å². The first-order valence-electron chi connectivity index (χ1n) is 6.26. The van der Waals surface area contributed by atoms with Crippen LogP contribution >= 0.6 is 0 Å². The number of methoxy groups -OCH3 is 1. The van der Waals surface area contributed by atoms with Gasteiger partial charge < -0.3 is 15.2 Å². The molecule has 1 aromatic carbocycles.